The fourth-order valence-corrected chi connectivity index (χ4v) is 3.57. The lowest BCUT2D eigenvalue weighted by atomic mass is 10.1. The van der Waals surface area contributed by atoms with E-state index in [1.165, 1.54) is 4.88 Å². The summed E-state index contributed by atoms with van der Waals surface area (Å²) in [5.41, 5.74) is 0. The molecule has 2 aromatic rings. The van der Waals surface area contributed by atoms with E-state index in [1.54, 1.807) is 33.8 Å². The van der Waals surface area contributed by atoms with Gasteiger partial charge in [0.2, 0.25) is 0 Å². The third-order valence-electron chi connectivity index (χ3n) is 3.36. The van der Waals surface area contributed by atoms with Crippen molar-refractivity contribution in [2.24, 2.45) is 0 Å². The lowest BCUT2D eigenvalue weighted by molar-refractivity contribution is 0.206. The summed E-state index contributed by atoms with van der Waals surface area (Å²) in [6.07, 6.45) is 1.80. The minimum atomic E-state index is -0.0261. The fraction of sp³-hybridized carbons (Fsp3) is 0.467. The van der Waals surface area contributed by atoms with Gasteiger partial charge in [-0.3, -0.25) is 0 Å². The van der Waals surface area contributed by atoms with Gasteiger partial charge in [0, 0.05) is 48.4 Å². The van der Waals surface area contributed by atoms with E-state index in [0.29, 0.717) is 19.0 Å². The van der Waals surface area contributed by atoms with Gasteiger partial charge < -0.3 is 10.2 Å². The molecule has 0 aromatic carbocycles. The van der Waals surface area contributed by atoms with Crippen LogP contribution < -0.4 is 5.32 Å². The van der Waals surface area contributed by atoms with E-state index in [4.69, 9.17) is 0 Å². The maximum absolute atomic E-state index is 12.1. The first-order chi connectivity index (χ1) is 10.1. The van der Waals surface area contributed by atoms with Gasteiger partial charge in [-0.1, -0.05) is 19.9 Å². The quantitative estimate of drug-likeness (QED) is 0.880. The number of urea groups is 1. The van der Waals surface area contributed by atoms with Crippen LogP contribution >= 0.6 is 22.7 Å². The molecule has 0 aliphatic carbocycles. The molecule has 1 N–H and O–H groups in total. The van der Waals surface area contributed by atoms with Gasteiger partial charge in [-0.25, -0.2) is 9.78 Å². The van der Waals surface area contributed by atoms with E-state index >= 15 is 0 Å². The SMILES string of the molecule is C[C@H](CNC(=O)N(C)C[C@@H](C)c1nccs1)c1cccs1. The molecule has 2 heterocycles. The second-order valence-electron chi connectivity index (χ2n) is 5.25. The molecule has 4 nitrogen and oxygen atoms in total. The summed E-state index contributed by atoms with van der Waals surface area (Å²) >= 11 is 3.36. The second kappa shape index (κ2) is 7.56. The number of thiophene rings is 1. The molecule has 114 valence electrons. The van der Waals surface area contributed by atoms with Gasteiger partial charge in [0.05, 0.1) is 5.01 Å². The average Bonchev–Trinajstić information content (AvgIpc) is 3.15. The van der Waals surface area contributed by atoms with Gasteiger partial charge in [0.25, 0.3) is 0 Å². The van der Waals surface area contributed by atoms with Gasteiger partial charge in [-0.2, -0.15) is 0 Å². The van der Waals surface area contributed by atoms with Crippen LogP contribution in [0.4, 0.5) is 4.79 Å². The Hall–Kier alpha value is -1.40. The highest BCUT2D eigenvalue weighted by atomic mass is 32.1. The molecule has 0 radical (unpaired) electrons. The van der Waals surface area contributed by atoms with Crippen LogP contribution in [0, 0.1) is 0 Å². The molecular weight excluding hydrogens is 302 g/mol. The lowest BCUT2D eigenvalue weighted by Crippen LogP contribution is -2.40. The van der Waals surface area contributed by atoms with E-state index in [0.717, 1.165) is 5.01 Å². The number of hydrogen-bond acceptors (Lipinski definition) is 4. The Morgan fingerprint density at radius 1 is 1.33 bits per heavy atom. The molecule has 2 atom stereocenters. The molecule has 0 aliphatic heterocycles. The molecule has 2 rings (SSSR count). The number of amides is 2. The van der Waals surface area contributed by atoms with Crippen molar-refractivity contribution < 1.29 is 4.79 Å². The highest BCUT2D eigenvalue weighted by Crippen LogP contribution is 2.20. The highest BCUT2D eigenvalue weighted by molar-refractivity contribution is 7.10. The number of nitrogens with one attached hydrogen (secondary N) is 1. The molecule has 21 heavy (non-hydrogen) atoms. The number of rotatable bonds is 6. The number of likely N-dealkylation sites (N-methyl/N-ethyl adjacent to an activating group) is 1. The topological polar surface area (TPSA) is 45.2 Å². The summed E-state index contributed by atoms with van der Waals surface area (Å²) in [5.74, 6) is 0.606. The molecule has 0 saturated carbocycles. The highest BCUT2D eigenvalue weighted by Gasteiger charge is 2.16. The Balaban J connectivity index is 1.77. The maximum atomic E-state index is 12.1. The van der Waals surface area contributed by atoms with E-state index in [9.17, 15) is 4.79 Å². The molecule has 0 fully saturated rings. The second-order valence-corrected chi connectivity index (χ2v) is 7.16. The minimum absolute atomic E-state index is 0.0261. The fourth-order valence-electron chi connectivity index (χ4n) is 2.10. The van der Waals surface area contributed by atoms with Gasteiger partial charge in [0.15, 0.2) is 0 Å². The molecule has 0 spiro atoms. The number of hydrogen-bond donors (Lipinski definition) is 1. The van der Waals surface area contributed by atoms with Gasteiger partial charge in [-0.05, 0) is 11.4 Å². The Kier molecular flexibility index (Phi) is 5.76. The van der Waals surface area contributed by atoms with Crippen molar-refractivity contribution in [1.82, 2.24) is 15.2 Å². The average molecular weight is 323 g/mol. The molecule has 2 aromatic heterocycles. The summed E-state index contributed by atoms with van der Waals surface area (Å²) < 4.78 is 0. The lowest BCUT2D eigenvalue weighted by Gasteiger charge is -2.22. The standard InChI is InChI=1S/C15H21N3OS2/c1-11(13-5-4-7-20-13)9-17-15(19)18(3)10-12(2)14-16-6-8-21-14/h4-8,11-12H,9-10H2,1-3H3,(H,17,19)/t11-,12-/m1/s1. The largest absolute Gasteiger partial charge is 0.337 e. The van der Waals surface area contributed by atoms with Crippen molar-refractivity contribution in [2.45, 2.75) is 25.7 Å². The predicted molar refractivity (Wildman–Crippen MR) is 89.3 cm³/mol. The van der Waals surface area contributed by atoms with Crippen LogP contribution in [-0.4, -0.2) is 36.1 Å². The van der Waals surface area contributed by atoms with Gasteiger partial charge in [0.1, 0.15) is 0 Å². The summed E-state index contributed by atoms with van der Waals surface area (Å²) in [6, 6.07) is 4.12. The summed E-state index contributed by atoms with van der Waals surface area (Å²) in [7, 11) is 1.83. The Labute approximate surface area is 133 Å². The molecule has 0 bridgehead atoms. The first kappa shape index (κ1) is 16.0. The summed E-state index contributed by atoms with van der Waals surface area (Å²) in [5, 5.41) is 8.10. The van der Waals surface area contributed by atoms with Crippen LogP contribution in [0.2, 0.25) is 0 Å². The zero-order valence-corrected chi connectivity index (χ0v) is 14.2. The zero-order valence-electron chi connectivity index (χ0n) is 12.6. The van der Waals surface area contributed by atoms with Crippen LogP contribution in [0.25, 0.3) is 0 Å². The number of carbonyl (C=O) groups excluding carboxylic acids is 1. The van der Waals surface area contributed by atoms with Crippen molar-refractivity contribution in [3.63, 3.8) is 0 Å². The van der Waals surface area contributed by atoms with Crippen LogP contribution in [0.15, 0.2) is 29.1 Å². The number of aromatic nitrogens is 1. The van der Waals surface area contributed by atoms with Crippen LogP contribution in [0.3, 0.4) is 0 Å². The summed E-state index contributed by atoms with van der Waals surface area (Å²) in [6.45, 7) is 5.56. The first-order valence-corrected chi connectivity index (χ1v) is 8.75. The van der Waals surface area contributed by atoms with E-state index in [-0.39, 0.29) is 11.9 Å². The van der Waals surface area contributed by atoms with Gasteiger partial charge in [-0.15, -0.1) is 22.7 Å². The van der Waals surface area contributed by atoms with Crippen LogP contribution in [-0.2, 0) is 0 Å². The van der Waals surface area contributed by atoms with E-state index < -0.39 is 0 Å². The van der Waals surface area contributed by atoms with E-state index in [1.807, 2.05) is 18.5 Å². The third-order valence-corrected chi connectivity index (χ3v) is 5.47. The molecule has 6 heteroatoms. The number of nitrogens with zero attached hydrogens (tertiary/aromatic N) is 2. The maximum Gasteiger partial charge on any atom is 0.317 e. The molecule has 2 amide bonds. The number of thiazole rings is 1. The van der Waals surface area contributed by atoms with Crippen LogP contribution in [0.1, 0.15) is 35.6 Å². The molecule has 0 unspecified atom stereocenters. The van der Waals surface area contributed by atoms with Crippen LogP contribution in [0.5, 0.6) is 0 Å². The first-order valence-electron chi connectivity index (χ1n) is 6.99. The van der Waals surface area contributed by atoms with E-state index in [2.05, 4.69) is 35.6 Å². The Morgan fingerprint density at radius 3 is 2.76 bits per heavy atom. The molecule has 0 saturated heterocycles. The smallest absolute Gasteiger partial charge is 0.317 e. The van der Waals surface area contributed by atoms with Crippen molar-refractivity contribution in [3.8, 4) is 0 Å². The monoisotopic (exact) mass is 323 g/mol. The zero-order chi connectivity index (χ0) is 15.2. The predicted octanol–water partition coefficient (Wildman–Crippen LogP) is 3.75. The Morgan fingerprint density at radius 2 is 2.14 bits per heavy atom. The van der Waals surface area contributed by atoms with Gasteiger partial charge >= 0.3 is 6.03 Å². The minimum Gasteiger partial charge on any atom is -0.337 e. The van der Waals surface area contributed by atoms with Crippen molar-refractivity contribution in [2.75, 3.05) is 20.1 Å². The number of carbonyl (C=O) groups is 1. The molecule has 0 aliphatic rings. The summed E-state index contributed by atoms with van der Waals surface area (Å²) in [4.78, 5) is 19.5. The molecular formula is C15H21N3OS2. The normalized spacial score (nSPS) is 13.7. The van der Waals surface area contributed by atoms with Crippen molar-refractivity contribution in [3.05, 3.63) is 39.0 Å². The van der Waals surface area contributed by atoms with Crippen molar-refractivity contribution in [1.29, 1.82) is 0 Å². The Bertz CT molecular complexity index is 539. The van der Waals surface area contributed by atoms with Crippen molar-refractivity contribution >= 4 is 28.7 Å². The third kappa shape index (κ3) is 4.54.